The van der Waals surface area contributed by atoms with Crippen LogP contribution in [0.4, 0.5) is 0 Å². The van der Waals surface area contributed by atoms with Gasteiger partial charge in [0.05, 0.1) is 5.92 Å². The van der Waals surface area contributed by atoms with Gasteiger partial charge in [0.1, 0.15) is 0 Å². The maximum absolute atomic E-state index is 11.6. The molecule has 2 unspecified atom stereocenters. The van der Waals surface area contributed by atoms with Gasteiger partial charge in [-0.15, -0.1) is 0 Å². The van der Waals surface area contributed by atoms with E-state index < -0.39 is 32.2 Å². The summed E-state index contributed by atoms with van der Waals surface area (Å²) in [7, 11) is -3.68. The molecule has 18 heavy (non-hydrogen) atoms. The van der Waals surface area contributed by atoms with Crippen molar-refractivity contribution in [2.24, 2.45) is 11.8 Å². The van der Waals surface area contributed by atoms with Gasteiger partial charge in [-0.25, -0.2) is 0 Å². The summed E-state index contributed by atoms with van der Waals surface area (Å²) in [5.41, 5.74) is 0. The van der Waals surface area contributed by atoms with Crippen LogP contribution in [0, 0.1) is 11.8 Å². The van der Waals surface area contributed by atoms with Crippen molar-refractivity contribution in [3.8, 4) is 0 Å². The highest BCUT2D eigenvalue weighted by Crippen LogP contribution is 2.36. The summed E-state index contributed by atoms with van der Waals surface area (Å²) in [5, 5.41) is 8.56. The summed E-state index contributed by atoms with van der Waals surface area (Å²) in [5.74, 6) is -2.27. The van der Waals surface area contributed by atoms with Crippen molar-refractivity contribution in [3.05, 3.63) is 0 Å². The third-order valence-corrected chi connectivity index (χ3v) is 2.85. The molecule has 0 bridgehead atoms. The smallest absolute Gasteiger partial charge is 0.327 e. The van der Waals surface area contributed by atoms with E-state index in [-0.39, 0.29) is 18.8 Å². The summed E-state index contributed by atoms with van der Waals surface area (Å²) >= 11 is 0. The van der Waals surface area contributed by atoms with Crippen LogP contribution in [-0.2, 0) is 23.4 Å². The minimum Gasteiger partial charge on any atom is -0.481 e. The summed E-state index contributed by atoms with van der Waals surface area (Å²) in [4.78, 5) is 30.9. The lowest BCUT2D eigenvalue weighted by Gasteiger charge is -2.18. The van der Waals surface area contributed by atoms with Crippen LogP contribution >= 0.6 is 7.60 Å². The van der Waals surface area contributed by atoms with Crippen molar-refractivity contribution in [1.82, 2.24) is 0 Å². The predicted octanol–water partition coefficient (Wildman–Crippen LogP) is 1.46. The first-order valence-electron chi connectivity index (χ1n) is 5.46. The Hall–Kier alpha value is -0.910. The molecule has 0 fully saturated rings. The molecule has 0 rings (SSSR count). The molecule has 0 aliphatic carbocycles. The zero-order valence-electron chi connectivity index (χ0n) is 10.7. The molecule has 0 radical (unpaired) electrons. The van der Waals surface area contributed by atoms with Gasteiger partial charge in [0.25, 0.3) is 0 Å². The zero-order valence-corrected chi connectivity index (χ0v) is 11.6. The van der Waals surface area contributed by atoms with Crippen molar-refractivity contribution < 1.29 is 33.4 Å². The van der Waals surface area contributed by atoms with Crippen molar-refractivity contribution in [2.75, 3.05) is 13.5 Å². The second-order valence-corrected chi connectivity index (χ2v) is 6.16. The first-order chi connectivity index (χ1) is 8.13. The summed E-state index contributed by atoms with van der Waals surface area (Å²) in [6.45, 7) is 3.90. The first kappa shape index (κ1) is 17.1. The SMILES string of the molecule is CC(C)C(CCC(=O)O)C(=O)OCOP(C)(=O)O. The molecule has 0 aliphatic heterocycles. The Morgan fingerprint density at radius 3 is 2.28 bits per heavy atom. The van der Waals surface area contributed by atoms with Crippen LogP contribution in [0.5, 0.6) is 0 Å². The topological polar surface area (TPSA) is 110 Å². The highest BCUT2D eigenvalue weighted by Gasteiger charge is 2.25. The average Bonchev–Trinajstić information content (AvgIpc) is 2.14. The minimum absolute atomic E-state index is 0.0839. The first-order valence-corrected chi connectivity index (χ1v) is 7.49. The molecule has 0 saturated carbocycles. The van der Waals surface area contributed by atoms with E-state index in [0.29, 0.717) is 0 Å². The third-order valence-electron chi connectivity index (χ3n) is 2.27. The fourth-order valence-electron chi connectivity index (χ4n) is 1.29. The molecule has 7 nitrogen and oxygen atoms in total. The van der Waals surface area contributed by atoms with Crippen molar-refractivity contribution >= 4 is 19.5 Å². The van der Waals surface area contributed by atoms with Gasteiger partial charge in [0.2, 0.25) is 6.79 Å². The Balaban J connectivity index is 4.23. The number of hydrogen-bond donors (Lipinski definition) is 2. The lowest BCUT2D eigenvalue weighted by molar-refractivity contribution is -0.157. The largest absolute Gasteiger partial charge is 0.481 e. The van der Waals surface area contributed by atoms with E-state index in [9.17, 15) is 14.2 Å². The van der Waals surface area contributed by atoms with Crippen LogP contribution in [0.3, 0.4) is 0 Å². The second-order valence-electron chi connectivity index (χ2n) is 4.30. The monoisotopic (exact) mass is 282 g/mol. The summed E-state index contributed by atoms with van der Waals surface area (Å²) in [6.07, 6.45) is 0.0276. The Bertz CT molecular complexity index is 333. The standard InChI is InChI=1S/C10H19O7P/c1-7(2)8(4-5-9(11)12)10(13)16-6-17-18(3,14)15/h7-8H,4-6H2,1-3H3,(H,11,12)(H,14,15). The molecular weight excluding hydrogens is 263 g/mol. The maximum atomic E-state index is 11.6. The Morgan fingerprint density at radius 2 is 1.89 bits per heavy atom. The van der Waals surface area contributed by atoms with E-state index >= 15 is 0 Å². The van der Waals surface area contributed by atoms with Gasteiger partial charge >= 0.3 is 19.5 Å². The van der Waals surface area contributed by atoms with Gasteiger partial charge in [0.15, 0.2) is 0 Å². The van der Waals surface area contributed by atoms with Gasteiger partial charge in [-0.2, -0.15) is 0 Å². The Morgan fingerprint density at radius 1 is 1.33 bits per heavy atom. The lowest BCUT2D eigenvalue weighted by Crippen LogP contribution is -2.24. The normalized spacial score (nSPS) is 16.1. The second kappa shape index (κ2) is 7.51. The number of aliphatic carboxylic acids is 1. The van der Waals surface area contributed by atoms with Crippen LogP contribution in [-0.4, -0.2) is 35.4 Å². The van der Waals surface area contributed by atoms with Crippen LogP contribution < -0.4 is 0 Å². The van der Waals surface area contributed by atoms with Crippen molar-refractivity contribution in [2.45, 2.75) is 26.7 Å². The van der Waals surface area contributed by atoms with E-state index in [1.165, 1.54) is 0 Å². The van der Waals surface area contributed by atoms with Gasteiger partial charge in [-0.05, 0) is 12.3 Å². The van der Waals surface area contributed by atoms with Crippen molar-refractivity contribution in [3.63, 3.8) is 0 Å². The number of hydrogen-bond acceptors (Lipinski definition) is 5. The molecule has 2 N–H and O–H groups in total. The van der Waals surface area contributed by atoms with E-state index in [2.05, 4.69) is 9.26 Å². The molecule has 0 spiro atoms. The van der Waals surface area contributed by atoms with Crippen LogP contribution in [0.25, 0.3) is 0 Å². The molecule has 0 saturated heterocycles. The third kappa shape index (κ3) is 8.22. The van der Waals surface area contributed by atoms with E-state index in [4.69, 9.17) is 10.00 Å². The highest BCUT2D eigenvalue weighted by molar-refractivity contribution is 7.51. The number of rotatable bonds is 8. The van der Waals surface area contributed by atoms with Crippen LogP contribution in [0.15, 0.2) is 0 Å². The molecule has 106 valence electrons. The van der Waals surface area contributed by atoms with Crippen molar-refractivity contribution in [1.29, 1.82) is 0 Å². The van der Waals surface area contributed by atoms with E-state index in [0.717, 1.165) is 6.66 Å². The quantitative estimate of drug-likeness (QED) is 0.394. The summed E-state index contributed by atoms with van der Waals surface area (Å²) < 4.78 is 19.9. The molecule has 0 aliphatic rings. The molecule has 0 heterocycles. The lowest BCUT2D eigenvalue weighted by atomic mass is 9.91. The predicted molar refractivity (Wildman–Crippen MR) is 63.0 cm³/mol. The molecule has 8 heteroatoms. The number of ether oxygens (including phenoxy) is 1. The number of esters is 1. The fraction of sp³-hybridized carbons (Fsp3) is 0.800. The fourth-order valence-corrected chi connectivity index (χ4v) is 1.54. The van der Waals surface area contributed by atoms with Gasteiger partial charge < -0.3 is 14.7 Å². The molecule has 0 aromatic heterocycles. The molecule has 0 aromatic rings. The Labute approximate surface area is 106 Å². The number of carbonyl (C=O) groups is 2. The highest BCUT2D eigenvalue weighted by atomic mass is 31.2. The summed E-state index contributed by atoms with van der Waals surface area (Å²) in [6, 6.07) is 0. The van der Waals surface area contributed by atoms with E-state index in [1.54, 1.807) is 13.8 Å². The molecular formula is C10H19O7P. The molecule has 0 aromatic carbocycles. The molecule has 0 amide bonds. The molecule has 2 atom stereocenters. The number of carboxylic acids is 1. The van der Waals surface area contributed by atoms with E-state index in [1.807, 2.05) is 0 Å². The van der Waals surface area contributed by atoms with Crippen LogP contribution in [0.2, 0.25) is 0 Å². The van der Waals surface area contributed by atoms with Gasteiger partial charge in [-0.1, -0.05) is 13.8 Å². The van der Waals surface area contributed by atoms with Gasteiger partial charge in [0, 0.05) is 13.1 Å². The zero-order chi connectivity index (χ0) is 14.3. The average molecular weight is 282 g/mol. The Kier molecular flexibility index (Phi) is 7.13. The number of carboxylic acid groups (broad SMARTS) is 1. The van der Waals surface area contributed by atoms with Crippen LogP contribution in [0.1, 0.15) is 26.7 Å². The minimum atomic E-state index is -3.68. The number of carbonyl (C=O) groups excluding carboxylic acids is 1. The maximum Gasteiger partial charge on any atom is 0.327 e. The van der Waals surface area contributed by atoms with Gasteiger partial charge in [-0.3, -0.25) is 18.7 Å².